The smallest absolute Gasteiger partial charge is 0.257 e. The number of nitrogens with one attached hydrogen (secondary N) is 1. The number of hydrogen-bond acceptors (Lipinski definition) is 7. The average molecular weight is 595 g/mol. The highest BCUT2D eigenvalue weighted by molar-refractivity contribution is 7.13. The van der Waals surface area contributed by atoms with Crippen molar-refractivity contribution in [2.45, 2.75) is 25.4 Å². The third kappa shape index (κ3) is 4.54. The van der Waals surface area contributed by atoms with Crippen molar-refractivity contribution in [3.05, 3.63) is 75.9 Å². The molecule has 204 valence electrons. The topological polar surface area (TPSA) is 90.1 Å². The third-order valence-corrected chi connectivity index (χ3v) is 8.87. The molecule has 0 spiro atoms. The van der Waals surface area contributed by atoms with Gasteiger partial charge in [-0.3, -0.25) is 14.8 Å². The number of amides is 1. The highest BCUT2D eigenvalue weighted by Gasteiger charge is 2.32. The van der Waals surface area contributed by atoms with Gasteiger partial charge in [-0.25, -0.2) is 9.97 Å². The van der Waals surface area contributed by atoms with Gasteiger partial charge in [0.05, 0.1) is 35.3 Å². The second kappa shape index (κ2) is 10.5. The van der Waals surface area contributed by atoms with Crippen molar-refractivity contribution >= 4 is 62.2 Å². The molecule has 0 saturated carbocycles. The van der Waals surface area contributed by atoms with Crippen LogP contribution in [0.4, 0.5) is 10.8 Å². The molecule has 7 rings (SSSR count). The Labute approximate surface area is 244 Å². The number of carbonyl (C=O) groups excluding carboxylic acids is 1. The second-order valence-corrected chi connectivity index (χ2v) is 11.5. The van der Waals surface area contributed by atoms with Crippen molar-refractivity contribution in [2.24, 2.45) is 0 Å². The molecule has 0 aliphatic carbocycles. The molecule has 3 aromatic heterocycles. The molecule has 12 heteroatoms. The van der Waals surface area contributed by atoms with Crippen molar-refractivity contribution in [1.82, 2.24) is 24.3 Å². The van der Waals surface area contributed by atoms with Crippen LogP contribution < -0.4 is 10.2 Å². The fraction of sp³-hybridized carbons (Fsp3) is 0.286. The van der Waals surface area contributed by atoms with Gasteiger partial charge < -0.3 is 14.2 Å². The molecule has 1 atom stereocenters. The molecule has 2 aliphatic heterocycles. The molecule has 1 amide bonds. The molecule has 2 aromatic carbocycles. The molecular formula is C28H25Cl2N7O2S. The number of ether oxygens (including phenoxy) is 1. The number of anilines is 2. The fourth-order valence-corrected chi connectivity index (χ4v) is 6.58. The monoisotopic (exact) mass is 593 g/mol. The molecule has 9 nitrogen and oxygen atoms in total. The van der Waals surface area contributed by atoms with Crippen LogP contribution in [0.5, 0.6) is 0 Å². The maximum atomic E-state index is 13.7. The minimum Gasteiger partial charge on any atom is -0.378 e. The van der Waals surface area contributed by atoms with E-state index in [0.717, 1.165) is 68.2 Å². The lowest BCUT2D eigenvalue weighted by atomic mass is 10.0. The van der Waals surface area contributed by atoms with Crippen LogP contribution in [0.1, 0.15) is 23.9 Å². The largest absolute Gasteiger partial charge is 0.378 e. The summed E-state index contributed by atoms with van der Waals surface area (Å²) in [6.07, 6.45) is 7.09. The minimum atomic E-state index is -0.811. The molecule has 5 heterocycles. The summed E-state index contributed by atoms with van der Waals surface area (Å²) in [4.78, 5) is 24.8. The number of halogens is 2. The Kier molecular flexibility index (Phi) is 6.71. The standard InChI is InChI=1S/C28H25Cl2N7O2S/c29-21-14-19(17-3-5-18(6-4-17)35-9-11-39-12-10-35)23(30)24-20(21)15-37(34-24)26(27(38)33-28-31-7-13-40-28)25-22-2-1-8-36(22)16-32-25/h3-7,13-16,26H,1-2,8-12H2,(H,31,33,38). The van der Waals surface area contributed by atoms with E-state index < -0.39 is 6.04 Å². The zero-order valence-corrected chi connectivity index (χ0v) is 23.7. The highest BCUT2D eigenvalue weighted by Crippen LogP contribution is 2.40. The molecule has 0 radical (unpaired) electrons. The zero-order valence-electron chi connectivity index (χ0n) is 21.4. The zero-order chi connectivity index (χ0) is 27.2. The number of thiazole rings is 1. The van der Waals surface area contributed by atoms with E-state index in [1.807, 2.05) is 23.6 Å². The molecule has 0 bridgehead atoms. The van der Waals surface area contributed by atoms with E-state index >= 15 is 0 Å². The van der Waals surface area contributed by atoms with Crippen molar-refractivity contribution in [3.8, 4) is 11.1 Å². The summed E-state index contributed by atoms with van der Waals surface area (Å²) in [6.45, 7) is 4.08. The number of aryl methyl sites for hydroxylation is 1. The van der Waals surface area contributed by atoms with E-state index in [1.54, 1.807) is 23.4 Å². The maximum Gasteiger partial charge on any atom is 0.257 e. The van der Waals surface area contributed by atoms with E-state index in [-0.39, 0.29) is 5.91 Å². The minimum absolute atomic E-state index is 0.276. The van der Waals surface area contributed by atoms with Crippen LogP contribution in [-0.4, -0.2) is 56.5 Å². The summed E-state index contributed by atoms with van der Waals surface area (Å²) in [5, 5.41) is 11.7. The normalized spacial score (nSPS) is 15.9. The number of aromatic nitrogens is 5. The van der Waals surface area contributed by atoms with Gasteiger partial charge in [0.25, 0.3) is 5.91 Å². The molecule has 1 N–H and O–H groups in total. The van der Waals surface area contributed by atoms with E-state index in [9.17, 15) is 4.79 Å². The average Bonchev–Trinajstić information content (AvgIpc) is 3.78. The predicted octanol–water partition coefficient (Wildman–Crippen LogP) is 5.67. The Morgan fingerprint density at radius 1 is 1.10 bits per heavy atom. The van der Waals surface area contributed by atoms with Gasteiger partial charge in [-0.05, 0) is 36.6 Å². The summed E-state index contributed by atoms with van der Waals surface area (Å²) in [5.41, 5.74) is 5.10. The first-order valence-electron chi connectivity index (χ1n) is 13.1. The lowest BCUT2D eigenvalue weighted by molar-refractivity contribution is -0.118. The summed E-state index contributed by atoms with van der Waals surface area (Å²) in [6, 6.07) is 9.32. The summed E-state index contributed by atoms with van der Waals surface area (Å²) in [7, 11) is 0. The maximum absolute atomic E-state index is 13.7. The van der Waals surface area contributed by atoms with Gasteiger partial charge in [0.1, 0.15) is 5.52 Å². The van der Waals surface area contributed by atoms with E-state index in [0.29, 0.717) is 31.8 Å². The van der Waals surface area contributed by atoms with Crippen LogP contribution in [0.25, 0.3) is 22.0 Å². The SMILES string of the molecule is O=C(Nc1nccs1)C(c1ncn2c1CCC2)n1cc2c(Cl)cc(-c3ccc(N4CCOCC4)cc3)c(Cl)c2n1. The Balaban J connectivity index is 1.28. The van der Waals surface area contributed by atoms with Crippen LogP contribution in [0.3, 0.4) is 0 Å². The second-order valence-electron chi connectivity index (χ2n) is 9.84. The molecule has 1 saturated heterocycles. The number of carbonyl (C=O) groups is 1. The van der Waals surface area contributed by atoms with Gasteiger partial charge in [0.15, 0.2) is 11.2 Å². The first kappa shape index (κ1) is 25.5. The van der Waals surface area contributed by atoms with Crippen molar-refractivity contribution in [1.29, 1.82) is 0 Å². The molecule has 2 aliphatic rings. The van der Waals surface area contributed by atoms with Gasteiger partial charge in [-0.15, -0.1) is 11.3 Å². The van der Waals surface area contributed by atoms with Crippen LogP contribution in [0.2, 0.25) is 10.0 Å². The quantitative estimate of drug-likeness (QED) is 0.272. The van der Waals surface area contributed by atoms with Crippen LogP contribution in [0, 0.1) is 0 Å². The number of hydrogen-bond donors (Lipinski definition) is 1. The summed E-state index contributed by atoms with van der Waals surface area (Å²) in [5.74, 6) is -0.276. The first-order chi connectivity index (χ1) is 19.6. The molecule has 1 fully saturated rings. The number of benzene rings is 2. The highest BCUT2D eigenvalue weighted by atomic mass is 35.5. The van der Waals surface area contributed by atoms with Gasteiger partial charge in [0, 0.05) is 59.7 Å². The van der Waals surface area contributed by atoms with Crippen LogP contribution >= 0.6 is 34.5 Å². The fourth-order valence-electron chi connectivity index (χ4n) is 5.50. The Morgan fingerprint density at radius 3 is 2.70 bits per heavy atom. The Morgan fingerprint density at radius 2 is 1.93 bits per heavy atom. The van der Waals surface area contributed by atoms with Crippen molar-refractivity contribution in [2.75, 3.05) is 36.5 Å². The number of rotatable bonds is 6. The number of morpholine rings is 1. The van der Waals surface area contributed by atoms with Gasteiger partial charge in [-0.1, -0.05) is 35.3 Å². The summed E-state index contributed by atoms with van der Waals surface area (Å²) >= 11 is 15.1. The van der Waals surface area contributed by atoms with Crippen molar-refractivity contribution < 1.29 is 9.53 Å². The third-order valence-electron chi connectivity index (χ3n) is 7.48. The number of imidazole rings is 1. The lowest BCUT2D eigenvalue weighted by Crippen LogP contribution is -2.36. The molecular weight excluding hydrogens is 569 g/mol. The van der Waals surface area contributed by atoms with E-state index in [4.69, 9.17) is 33.0 Å². The molecule has 1 unspecified atom stereocenters. The number of nitrogens with zero attached hydrogens (tertiary/aromatic N) is 6. The van der Waals surface area contributed by atoms with Crippen LogP contribution in [0.15, 0.2) is 54.4 Å². The molecule has 40 heavy (non-hydrogen) atoms. The molecule has 5 aromatic rings. The van der Waals surface area contributed by atoms with Gasteiger partial charge >= 0.3 is 0 Å². The van der Waals surface area contributed by atoms with Crippen molar-refractivity contribution in [3.63, 3.8) is 0 Å². The summed E-state index contributed by atoms with van der Waals surface area (Å²) < 4.78 is 9.19. The van der Waals surface area contributed by atoms with Crippen LogP contribution in [-0.2, 0) is 22.5 Å². The Bertz CT molecular complexity index is 1690. The Hall–Kier alpha value is -3.44. The van der Waals surface area contributed by atoms with Gasteiger partial charge in [0.2, 0.25) is 0 Å². The first-order valence-corrected chi connectivity index (χ1v) is 14.7. The predicted molar refractivity (Wildman–Crippen MR) is 158 cm³/mol. The lowest BCUT2D eigenvalue weighted by Gasteiger charge is -2.29. The number of fused-ring (bicyclic) bond motifs is 2. The van der Waals surface area contributed by atoms with Gasteiger partial charge in [-0.2, -0.15) is 5.10 Å². The van der Waals surface area contributed by atoms with E-state index in [2.05, 4.69) is 36.9 Å². The van der Waals surface area contributed by atoms with E-state index in [1.165, 1.54) is 11.3 Å².